The standard InChI is InChI=1S/C12H25ClO4S/c1-2-3-4-5-6-7-8-16-9-10-17-11-12-18(13,14)15/h2-12H2,1H3. The van der Waals surface area contributed by atoms with Gasteiger partial charge in [-0.3, -0.25) is 0 Å². The van der Waals surface area contributed by atoms with Crippen LogP contribution in [0.5, 0.6) is 0 Å². The summed E-state index contributed by atoms with van der Waals surface area (Å²) in [6.07, 6.45) is 7.48. The molecular weight excluding hydrogens is 276 g/mol. The van der Waals surface area contributed by atoms with Gasteiger partial charge < -0.3 is 9.47 Å². The highest BCUT2D eigenvalue weighted by Gasteiger charge is 2.03. The maximum absolute atomic E-state index is 10.6. The van der Waals surface area contributed by atoms with Gasteiger partial charge in [0, 0.05) is 17.3 Å². The van der Waals surface area contributed by atoms with E-state index in [1.54, 1.807) is 0 Å². The number of rotatable bonds is 13. The number of unbranched alkanes of at least 4 members (excludes halogenated alkanes) is 5. The molecule has 6 heteroatoms. The highest BCUT2D eigenvalue weighted by molar-refractivity contribution is 8.13. The van der Waals surface area contributed by atoms with Gasteiger partial charge in [0.1, 0.15) is 0 Å². The summed E-state index contributed by atoms with van der Waals surface area (Å²) in [5, 5.41) is 0. The molecule has 0 spiro atoms. The van der Waals surface area contributed by atoms with Gasteiger partial charge >= 0.3 is 0 Å². The molecule has 0 unspecified atom stereocenters. The minimum absolute atomic E-state index is 0.131. The van der Waals surface area contributed by atoms with E-state index in [2.05, 4.69) is 6.92 Å². The molecule has 4 nitrogen and oxygen atoms in total. The monoisotopic (exact) mass is 300 g/mol. The maximum Gasteiger partial charge on any atom is 0.234 e. The van der Waals surface area contributed by atoms with Crippen LogP contribution >= 0.6 is 10.7 Å². The Hall–Kier alpha value is 0.160. The van der Waals surface area contributed by atoms with Gasteiger partial charge in [-0.25, -0.2) is 8.42 Å². The average Bonchev–Trinajstić information content (AvgIpc) is 2.29. The topological polar surface area (TPSA) is 52.6 Å². The molecule has 0 amide bonds. The highest BCUT2D eigenvalue weighted by atomic mass is 35.7. The molecule has 0 aromatic heterocycles. The van der Waals surface area contributed by atoms with Gasteiger partial charge in [0.2, 0.25) is 9.05 Å². The van der Waals surface area contributed by atoms with Crippen molar-refractivity contribution in [2.24, 2.45) is 0 Å². The summed E-state index contributed by atoms with van der Waals surface area (Å²) in [7, 11) is 1.60. The Balaban J connectivity index is 3.03. The smallest absolute Gasteiger partial charge is 0.234 e. The zero-order chi connectivity index (χ0) is 13.7. The molecule has 0 saturated heterocycles. The lowest BCUT2D eigenvalue weighted by Crippen LogP contribution is -2.11. The molecule has 18 heavy (non-hydrogen) atoms. The third-order valence-corrected chi connectivity index (χ3v) is 3.60. The molecule has 0 bridgehead atoms. The number of ether oxygens (including phenoxy) is 2. The first-order chi connectivity index (χ1) is 8.56. The first kappa shape index (κ1) is 18.2. The van der Waals surface area contributed by atoms with E-state index in [0.29, 0.717) is 13.2 Å². The average molecular weight is 301 g/mol. The lowest BCUT2D eigenvalue weighted by molar-refractivity contribution is 0.0519. The first-order valence-electron chi connectivity index (χ1n) is 6.64. The molecule has 0 aliphatic heterocycles. The molecule has 110 valence electrons. The molecule has 0 aromatic rings. The molecule has 0 atom stereocenters. The van der Waals surface area contributed by atoms with E-state index < -0.39 is 9.05 Å². The van der Waals surface area contributed by atoms with Crippen LogP contribution in [0.3, 0.4) is 0 Å². The van der Waals surface area contributed by atoms with E-state index >= 15 is 0 Å². The van der Waals surface area contributed by atoms with Crippen LogP contribution in [0.4, 0.5) is 0 Å². The normalized spacial score (nSPS) is 11.9. The van der Waals surface area contributed by atoms with Crippen molar-refractivity contribution in [2.75, 3.05) is 32.2 Å². The van der Waals surface area contributed by atoms with Gasteiger partial charge in [-0.05, 0) is 6.42 Å². The van der Waals surface area contributed by atoms with E-state index in [9.17, 15) is 8.42 Å². The fraction of sp³-hybridized carbons (Fsp3) is 1.00. The van der Waals surface area contributed by atoms with E-state index in [1.807, 2.05) is 0 Å². The van der Waals surface area contributed by atoms with Crippen LogP contribution in [0.25, 0.3) is 0 Å². The summed E-state index contributed by atoms with van der Waals surface area (Å²) in [5.74, 6) is -0.147. The summed E-state index contributed by atoms with van der Waals surface area (Å²) in [6, 6.07) is 0. The fourth-order valence-corrected chi connectivity index (χ4v) is 1.97. The lowest BCUT2D eigenvalue weighted by atomic mass is 10.1. The predicted molar refractivity (Wildman–Crippen MR) is 74.7 cm³/mol. The minimum Gasteiger partial charge on any atom is -0.379 e. The first-order valence-corrected chi connectivity index (χ1v) is 9.12. The maximum atomic E-state index is 10.6. The molecule has 0 N–H and O–H groups in total. The summed E-state index contributed by atoms with van der Waals surface area (Å²) in [6.45, 7) is 4.02. The van der Waals surface area contributed by atoms with Gasteiger partial charge in [-0.2, -0.15) is 0 Å². The van der Waals surface area contributed by atoms with Crippen molar-refractivity contribution in [1.29, 1.82) is 0 Å². The van der Waals surface area contributed by atoms with Gasteiger partial charge in [0.15, 0.2) is 0 Å². The Morgan fingerprint density at radius 1 is 0.833 bits per heavy atom. The summed E-state index contributed by atoms with van der Waals surface area (Å²) < 4.78 is 31.6. The van der Waals surface area contributed by atoms with Gasteiger partial charge in [0.05, 0.1) is 25.6 Å². The third-order valence-electron chi connectivity index (χ3n) is 2.49. The molecule has 0 aliphatic carbocycles. The number of hydrogen-bond acceptors (Lipinski definition) is 4. The van der Waals surface area contributed by atoms with Crippen molar-refractivity contribution >= 4 is 19.7 Å². The van der Waals surface area contributed by atoms with Crippen LogP contribution in [0.1, 0.15) is 45.4 Å². The van der Waals surface area contributed by atoms with E-state index in [0.717, 1.165) is 13.0 Å². The molecule has 0 radical (unpaired) electrons. The third kappa shape index (κ3) is 16.2. The zero-order valence-corrected chi connectivity index (χ0v) is 12.8. The second-order valence-electron chi connectivity index (χ2n) is 4.24. The second kappa shape index (κ2) is 12.2. The fourth-order valence-electron chi connectivity index (χ4n) is 1.46. The van der Waals surface area contributed by atoms with Crippen LogP contribution < -0.4 is 0 Å². The summed E-state index contributed by atoms with van der Waals surface area (Å²) in [5.41, 5.74) is 0. The van der Waals surface area contributed by atoms with Gasteiger partial charge in [-0.15, -0.1) is 0 Å². The van der Waals surface area contributed by atoms with Crippen LogP contribution in [-0.4, -0.2) is 40.6 Å². The van der Waals surface area contributed by atoms with Crippen molar-refractivity contribution in [3.05, 3.63) is 0 Å². The van der Waals surface area contributed by atoms with Crippen LogP contribution in [0.15, 0.2) is 0 Å². The molecule has 0 saturated carbocycles. The van der Waals surface area contributed by atoms with Gasteiger partial charge in [0.25, 0.3) is 0 Å². The molecular formula is C12H25ClO4S. The quantitative estimate of drug-likeness (QED) is 0.388. The SMILES string of the molecule is CCCCCCCCOCCOCCS(=O)(=O)Cl. The van der Waals surface area contributed by atoms with Crippen LogP contribution in [0.2, 0.25) is 0 Å². The Labute approximate surface area is 115 Å². The minimum atomic E-state index is -3.43. The molecule has 0 aromatic carbocycles. The Bertz CT molecular complexity index is 267. The zero-order valence-electron chi connectivity index (χ0n) is 11.2. The van der Waals surface area contributed by atoms with Crippen LogP contribution in [0, 0.1) is 0 Å². The number of halogens is 1. The highest BCUT2D eigenvalue weighted by Crippen LogP contribution is 2.04. The summed E-state index contributed by atoms with van der Waals surface area (Å²) in [4.78, 5) is 0. The van der Waals surface area contributed by atoms with Crippen molar-refractivity contribution in [3.63, 3.8) is 0 Å². The molecule has 0 aliphatic rings. The van der Waals surface area contributed by atoms with Crippen molar-refractivity contribution in [1.82, 2.24) is 0 Å². The van der Waals surface area contributed by atoms with E-state index in [-0.39, 0.29) is 12.4 Å². The summed E-state index contributed by atoms with van der Waals surface area (Å²) >= 11 is 0. The van der Waals surface area contributed by atoms with Crippen molar-refractivity contribution < 1.29 is 17.9 Å². The van der Waals surface area contributed by atoms with E-state index in [1.165, 1.54) is 32.1 Å². The Kier molecular flexibility index (Phi) is 12.3. The molecule has 0 rings (SSSR count). The van der Waals surface area contributed by atoms with Crippen molar-refractivity contribution in [2.45, 2.75) is 45.4 Å². The molecule has 0 fully saturated rings. The van der Waals surface area contributed by atoms with Gasteiger partial charge in [-0.1, -0.05) is 39.0 Å². The largest absolute Gasteiger partial charge is 0.379 e. The lowest BCUT2D eigenvalue weighted by Gasteiger charge is -2.05. The Morgan fingerprint density at radius 2 is 1.39 bits per heavy atom. The van der Waals surface area contributed by atoms with Crippen molar-refractivity contribution in [3.8, 4) is 0 Å². The second-order valence-corrected chi connectivity index (χ2v) is 7.13. The van der Waals surface area contributed by atoms with E-state index in [4.69, 9.17) is 20.2 Å². The Morgan fingerprint density at radius 3 is 2.00 bits per heavy atom. The molecule has 0 heterocycles. The van der Waals surface area contributed by atoms with Crippen LogP contribution in [-0.2, 0) is 18.5 Å². The number of hydrogen-bond donors (Lipinski definition) is 0. The predicted octanol–water partition coefficient (Wildman–Crippen LogP) is 2.95.